The van der Waals surface area contributed by atoms with Crippen LogP contribution >= 0.6 is 0 Å². The number of benzene rings is 3. The molecule has 0 heterocycles. The Morgan fingerprint density at radius 2 is 1.78 bits per heavy atom. The Morgan fingerprint density at radius 3 is 2.47 bits per heavy atom. The first-order chi connectivity index (χ1) is 15.5. The third-order valence-corrected chi connectivity index (χ3v) is 4.80. The van der Waals surface area contributed by atoms with E-state index in [-0.39, 0.29) is 17.1 Å². The number of hydrogen-bond donors (Lipinski definition) is 0. The Bertz CT molecular complexity index is 1080. The van der Waals surface area contributed by atoms with Gasteiger partial charge in [0.1, 0.15) is 23.9 Å². The molecule has 166 valence electrons. The lowest BCUT2D eigenvalue weighted by molar-refractivity contribution is -0.0498. The van der Waals surface area contributed by atoms with E-state index in [2.05, 4.69) is 11.7 Å². The third-order valence-electron chi connectivity index (χ3n) is 4.80. The smallest absolute Gasteiger partial charge is 0.387 e. The van der Waals surface area contributed by atoms with Crippen LogP contribution in [0.5, 0.6) is 17.2 Å². The molecule has 6 heteroatoms. The Hall–Kier alpha value is -3.67. The Labute approximate surface area is 186 Å². The second kappa shape index (κ2) is 11.1. The van der Waals surface area contributed by atoms with Crippen LogP contribution in [0.3, 0.4) is 0 Å². The maximum absolute atomic E-state index is 12.4. The molecule has 0 aromatic heterocycles. The zero-order chi connectivity index (χ0) is 22.9. The van der Waals surface area contributed by atoms with E-state index in [4.69, 9.17) is 9.47 Å². The van der Waals surface area contributed by atoms with Crippen molar-refractivity contribution in [2.24, 2.45) is 0 Å². The van der Waals surface area contributed by atoms with Gasteiger partial charge < -0.3 is 14.2 Å². The van der Waals surface area contributed by atoms with Gasteiger partial charge in [0.05, 0.1) is 7.11 Å². The molecule has 0 unspecified atom stereocenters. The number of aryl methyl sites for hydroxylation is 1. The predicted molar refractivity (Wildman–Crippen MR) is 120 cm³/mol. The lowest BCUT2D eigenvalue weighted by Gasteiger charge is -2.11. The molecule has 0 saturated heterocycles. The molecular weight excluding hydrogens is 414 g/mol. The van der Waals surface area contributed by atoms with Crippen LogP contribution in [0.25, 0.3) is 6.08 Å². The molecule has 3 aromatic carbocycles. The van der Waals surface area contributed by atoms with Crippen molar-refractivity contribution in [3.63, 3.8) is 0 Å². The number of ketones is 1. The molecular formula is C26H24F2O4. The SMILES string of the molecule is CCc1ccc(OCc2cc(/C=C/C(=O)c3cccc(OC(F)F)c3)ccc2OC)cc1. The first-order valence-electron chi connectivity index (χ1n) is 10.1. The van der Waals surface area contributed by atoms with Gasteiger partial charge in [0.2, 0.25) is 0 Å². The van der Waals surface area contributed by atoms with E-state index in [1.165, 1.54) is 29.8 Å². The van der Waals surface area contributed by atoms with E-state index >= 15 is 0 Å². The summed E-state index contributed by atoms with van der Waals surface area (Å²) in [5, 5.41) is 0. The minimum Gasteiger partial charge on any atom is -0.496 e. The minimum atomic E-state index is -2.94. The van der Waals surface area contributed by atoms with Crippen molar-refractivity contribution in [2.75, 3.05) is 7.11 Å². The standard InChI is InChI=1S/C26H24F2O4/c1-3-18-7-11-22(12-8-18)31-17-21-15-19(10-14-25(21)30-2)9-13-24(29)20-5-4-6-23(16-20)32-26(27)28/h4-16,26H,3,17H2,1-2H3/b13-9+. The fourth-order valence-corrected chi connectivity index (χ4v) is 3.09. The highest BCUT2D eigenvalue weighted by Gasteiger charge is 2.09. The van der Waals surface area contributed by atoms with Crippen LogP contribution in [0, 0.1) is 0 Å². The quantitative estimate of drug-likeness (QED) is 0.274. The Balaban J connectivity index is 1.71. The Morgan fingerprint density at radius 1 is 1.00 bits per heavy atom. The highest BCUT2D eigenvalue weighted by molar-refractivity contribution is 6.07. The number of ether oxygens (including phenoxy) is 3. The van der Waals surface area contributed by atoms with E-state index < -0.39 is 6.61 Å². The van der Waals surface area contributed by atoms with Gasteiger partial charge in [-0.05, 0) is 60.0 Å². The first kappa shape index (κ1) is 23.0. The van der Waals surface area contributed by atoms with Crippen molar-refractivity contribution < 1.29 is 27.8 Å². The summed E-state index contributed by atoms with van der Waals surface area (Å²) in [7, 11) is 1.59. The van der Waals surface area contributed by atoms with Gasteiger partial charge in [-0.3, -0.25) is 4.79 Å². The lowest BCUT2D eigenvalue weighted by atomic mass is 10.1. The molecule has 32 heavy (non-hydrogen) atoms. The summed E-state index contributed by atoms with van der Waals surface area (Å²) in [5.41, 5.74) is 3.10. The second-order valence-corrected chi connectivity index (χ2v) is 6.96. The van der Waals surface area contributed by atoms with Crippen LogP contribution in [0.2, 0.25) is 0 Å². The van der Waals surface area contributed by atoms with Crippen molar-refractivity contribution in [3.8, 4) is 17.2 Å². The van der Waals surface area contributed by atoms with Crippen molar-refractivity contribution in [1.29, 1.82) is 0 Å². The minimum absolute atomic E-state index is 0.0601. The molecule has 0 radical (unpaired) electrons. The largest absolute Gasteiger partial charge is 0.496 e. The summed E-state index contributed by atoms with van der Waals surface area (Å²) in [5.74, 6) is 1.05. The molecule has 3 aromatic rings. The van der Waals surface area contributed by atoms with E-state index in [9.17, 15) is 13.6 Å². The lowest BCUT2D eigenvalue weighted by Crippen LogP contribution is -2.03. The molecule has 0 amide bonds. The average Bonchev–Trinajstić information content (AvgIpc) is 2.81. The number of allylic oxidation sites excluding steroid dienone is 1. The summed E-state index contributed by atoms with van der Waals surface area (Å²) in [6, 6.07) is 19.1. The zero-order valence-corrected chi connectivity index (χ0v) is 17.9. The van der Waals surface area contributed by atoms with Crippen LogP contribution < -0.4 is 14.2 Å². The van der Waals surface area contributed by atoms with Gasteiger partial charge in [0.25, 0.3) is 0 Å². The van der Waals surface area contributed by atoms with Crippen molar-refractivity contribution >= 4 is 11.9 Å². The topological polar surface area (TPSA) is 44.8 Å². The average molecular weight is 438 g/mol. The van der Waals surface area contributed by atoms with Crippen LogP contribution in [-0.2, 0) is 13.0 Å². The van der Waals surface area contributed by atoms with Gasteiger partial charge in [-0.15, -0.1) is 0 Å². The summed E-state index contributed by atoms with van der Waals surface area (Å²) in [4.78, 5) is 12.4. The van der Waals surface area contributed by atoms with Gasteiger partial charge in [-0.25, -0.2) is 0 Å². The summed E-state index contributed by atoms with van der Waals surface area (Å²) in [6.07, 6.45) is 4.00. The Kier molecular flexibility index (Phi) is 7.97. The monoisotopic (exact) mass is 438 g/mol. The molecule has 0 N–H and O–H groups in total. The number of carbonyl (C=O) groups is 1. The predicted octanol–water partition coefficient (Wildman–Crippen LogP) is 6.33. The van der Waals surface area contributed by atoms with Crippen LogP contribution in [0.15, 0.2) is 72.8 Å². The van der Waals surface area contributed by atoms with E-state index in [1.807, 2.05) is 36.4 Å². The van der Waals surface area contributed by atoms with Crippen LogP contribution in [0.1, 0.15) is 34.0 Å². The van der Waals surface area contributed by atoms with E-state index in [0.717, 1.165) is 23.3 Å². The van der Waals surface area contributed by atoms with Crippen molar-refractivity contribution in [3.05, 3.63) is 95.1 Å². The maximum Gasteiger partial charge on any atom is 0.387 e. The maximum atomic E-state index is 12.4. The fourth-order valence-electron chi connectivity index (χ4n) is 3.09. The molecule has 0 aliphatic carbocycles. The highest BCUT2D eigenvalue weighted by Crippen LogP contribution is 2.24. The number of hydrogen-bond acceptors (Lipinski definition) is 4. The van der Waals surface area contributed by atoms with Gasteiger partial charge in [-0.2, -0.15) is 8.78 Å². The number of carbonyl (C=O) groups excluding carboxylic acids is 1. The molecule has 0 saturated carbocycles. The molecule has 0 atom stereocenters. The molecule has 4 nitrogen and oxygen atoms in total. The van der Waals surface area contributed by atoms with E-state index in [1.54, 1.807) is 25.3 Å². The molecule has 0 aliphatic rings. The molecule has 0 fully saturated rings. The van der Waals surface area contributed by atoms with E-state index in [0.29, 0.717) is 12.4 Å². The fraction of sp³-hybridized carbons (Fsp3) is 0.192. The molecule has 0 aliphatic heterocycles. The third kappa shape index (κ3) is 6.41. The molecule has 0 bridgehead atoms. The van der Waals surface area contributed by atoms with Gasteiger partial charge in [-0.1, -0.05) is 43.3 Å². The number of methoxy groups -OCH3 is 1. The zero-order valence-electron chi connectivity index (χ0n) is 17.9. The second-order valence-electron chi connectivity index (χ2n) is 6.96. The van der Waals surface area contributed by atoms with Crippen LogP contribution in [-0.4, -0.2) is 19.5 Å². The molecule has 0 spiro atoms. The number of halogens is 2. The summed E-state index contributed by atoms with van der Waals surface area (Å²) < 4.78 is 40.4. The first-order valence-corrected chi connectivity index (χ1v) is 10.1. The van der Waals surface area contributed by atoms with Gasteiger partial charge in [0.15, 0.2) is 5.78 Å². The van der Waals surface area contributed by atoms with Crippen molar-refractivity contribution in [1.82, 2.24) is 0 Å². The van der Waals surface area contributed by atoms with Gasteiger partial charge in [0, 0.05) is 11.1 Å². The summed E-state index contributed by atoms with van der Waals surface area (Å²) >= 11 is 0. The summed E-state index contributed by atoms with van der Waals surface area (Å²) in [6.45, 7) is -0.546. The molecule has 3 rings (SSSR count). The number of rotatable bonds is 10. The van der Waals surface area contributed by atoms with Crippen LogP contribution in [0.4, 0.5) is 8.78 Å². The number of alkyl halides is 2. The van der Waals surface area contributed by atoms with Gasteiger partial charge >= 0.3 is 6.61 Å². The normalized spacial score (nSPS) is 11.0. The van der Waals surface area contributed by atoms with Crippen molar-refractivity contribution in [2.45, 2.75) is 26.6 Å². The highest BCUT2D eigenvalue weighted by atomic mass is 19.3.